The number of carboxylic acids is 1. The molecule has 1 saturated heterocycles. The minimum Gasteiger partial charge on any atom is -0.481 e. The number of halogens is 1. The first-order valence-electron chi connectivity index (χ1n) is 7.38. The number of hydrogen-bond donors (Lipinski definition) is 1. The molecule has 1 heterocycles. The predicted molar refractivity (Wildman–Crippen MR) is 82.0 cm³/mol. The van der Waals surface area contributed by atoms with Gasteiger partial charge in [-0.05, 0) is 23.3 Å². The summed E-state index contributed by atoms with van der Waals surface area (Å²) in [6.07, 6.45) is 0. The van der Waals surface area contributed by atoms with Gasteiger partial charge in [-0.15, -0.1) is 0 Å². The fourth-order valence-corrected chi connectivity index (χ4v) is 3.15. The smallest absolute Gasteiger partial charge is 0.308 e. The van der Waals surface area contributed by atoms with Crippen LogP contribution in [0.25, 0.3) is 0 Å². The number of nitrogens with zero attached hydrogens (tertiary/aromatic N) is 1. The Morgan fingerprint density at radius 3 is 2.41 bits per heavy atom. The zero-order chi connectivity index (χ0) is 15.5. The summed E-state index contributed by atoms with van der Waals surface area (Å²) in [6, 6.07) is 16.2. The molecule has 3 nitrogen and oxygen atoms in total. The second-order valence-electron chi connectivity index (χ2n) is 5.78. The average Bonchev–Trinajstić information content (AvgIpc) is 2.93. The Hall–Kier alpha value is -2.20. The van der Waals surface area contributed by atoms with Crippen molar-refractivity contribution in [2.45, 2.75) is 12.5 Å². The number of rotatable bonds is 4. The van der Waals surface area contributed by atoms with Gasteiger partial charge in [-0.2, -0.15) is 0 Å². The van der Waals surface area contributed by atoms with Gasteiger partial charge >= 0.3 is 5.97 Å². The summed E-state index contributed by atoms with van der Waals surface area (Å²) in [7, 11) is 0. The van der Waals surface area contributed by atoms with Crippen LogP contribution in [0, 0.1) is 11.7 Å². The SMILES string of the molecule is O=C(O)[C@H]1CN(Cc2ccccc2)C[C@@H]1c1ccc(F)cc1. The van der Waals surface area contributed by atoms with Gasteiger partial charge in [-0.1, -0.05) is 42.5 Å². The van der Waals surface area contributed by atoms with Crippen molar-refractivity contribution in [3.8, 4) is 0 Å². The van der Waals surface area contributed by atoms with Crippen LogP contribution >= 0.6 is 0 Å². The van der Waals surface area contributed by atoms with Crippen LogP contribution in [0.1, 0.15) is 17.0 Å². The summed E-state index contributed by atoms with van der Waals surface area (Å²) >= 11 is 0. The van der Waals surface area contributed by atoms with Crippen molar-refractivity contribution >= 4 is 5.97 Å². The molecule has 22 heavy (non-hydrogen) atoms. The highest BCUT2D eigenvalue weighted by molar-refractivity contribution is 5.72. The third-order valence-corrected chi connectivity index (χ3v) is 4.26. The summed E-state index contributed by atoms with van der Waals surface area (Å²) in [6.45, 7) is 1.94. The molecule has 4 heteroatoms. The van der Waals surface area contributed by atoms with E-state index >= 15 is 0 Å². The molecule has 1 fully saturated rings. The third-order valence-electron chi connectivity index (χ3n) is 4.26. The predicted octanol–water partition coefficient (Wildman–Crippen LogP) is 3.13. The summed E-state index contributed by atoms with van der Waals surface area (Å²) in [4.78, 5) is 13.7. The maximum Gasteiger partial charge on any atom is 0.308 e. The van der Waals surface area contributed by atoms with E-state index < -0.39 is 11.9 Å². The van der Waals surface area contributed by atoms with Crippen molar-refractivity contribution in [1.82, 2.24) is 4.90 Å². The molecule has 2 aromatic carbocycles. The van der Waals surface area contributed by atoms with Gasteiger partial charge in [0.25, 0.3) is 0 Å². The number of benzene rings is 2. The van der Waals surface area contributed by atoms with Crippen molar-refractivity contribution in [3.05, 3.63) is 71.5 Å². The van der Waals surface area contributed by atoms with E-state index in [-0.39, 0.29) is 11.7 Å². The maximum absolute atomic E-state index is 13.1. The van der Waals surface area contributed by atoms with E-state index in [4.69, 9.17) is 0 Å². The van der Waals surface area contributed by atoms with Gasteiger partial charge in [0.2, 0.25) is 0 Å². The van der Waals surface area contributed by atoms with Gasteiger partial charge in [0.05, 0.1) is 5.92 Å². The lowest BCUT2D eigenvalue weighted by Gasteiger charge is -2.16. The lowest BCUT2D eigenvalue weighted by Crippen LogP contribution is -2.23. The molecule has 0 radical (unpaired) electrons. The van der Waals surface area contributed by atoms with E-state index in [0.29, 0.717) is 13.1 Å². The second kappa shape index (κ2) is 6.28. The van der Waals surface area contributed by atoms with E-state index in [2.05, 4.69) is 4.90 Å². The van der Waals surface area contributed by atoms with Crippen LogP contribution in [-0.4, -0.2) is 29.1 Å². The standard InChI is InChI=1S/C18H18FNO2/c19-15-8-6-14(7-9-15)16-11-20(12-17(16)18(21)22)10-13-4-2-1-3-5-13/h1-9,16-17H,10-12H2,(H,21,22)/t16-,17+/m1/s1. The fourth-order valence-electron chi connectivity index (χ4n) is 3.15. The van der Waals surface area contributed by atoms with Gasteiger partial charge in [0, 0.05) is 25.6 Å². The maximum atomic E-state index is 13.1. The highest BCUT2D eigenvalue weighted by Gasteiger charge is 2.38. The molecule has 114 valence electrons. The van der Waals surface area contributed by atoms with Crippen LogP contribution in [-0.2, 0) is 11.3 Å². The van der Waals surface area contributed by atoms with Gasteiger partial charge in [0.1, 0.15) is 5.82 Å². The van der Waals surface area contributed by atoms with Crippen LogP contribution in [0.15, 0.2) is 54.6 Å². The Balaban J connectivity index is 1.77. The summed E-state index contributed by atoms with van der Waals surface area (Å²) in [5, 5.41) is 9.48. The molecule has 1 aliphatic rings. The van der Waals surface area contributed by atoms with Gasteiger partial charge in [0.15, 0.2) is 0 Å². The summed E-state index contributed by atoms with van der Waals surface area (Å²) < 4.78 is 13.1. The Labute approximate surface area is 129 Å². The molecule has 3 rings (SSSR count). The monoisotopic (exact) mass is 299 g/mol. The number of likely N-dealkylation sites (tertiary alicyclic amines) is 1. The molecule has 0 bridgehead atoms. The van der Waals surface area contributed by atoms with Crippen molar-refractivity contribution in [1.29, 1.82) is 0 Å². The first-order chi connectivity index (χ1) is 10.6. The third kappa shape index (κ3) is 3.17. The molecule has 0 unspecified atom stereocenters. The van der Waals surface area contributed by atoms with Crippen LogP contribution < -0.4 is 0 Å². The minimum absolute atomic E-state index is 0.0955. The van der Waals surface area contributed by atoms with Crippen LogP contribution in [0.2, 0.25) is 0 Å². The van der Waals surface area contributed by atoms with E-state index in [0.717, 1.165) is 12.1 Å². The molecule has 0 spiro atoms. The Bertz CT molecular complexity index is 642. The molecule has 0 amide bonds. The van der Waals surface area contributed by atoms with Crippen molar-refractivity contribution in [3.63, 3.8) is 0 Å². The van der Waals surface area contributed by atoms with Crippen LogP contribution in [0.5, 0.6) is 0 Å². The summed E-state index contributed by atoms with van der Waals surface area (Å²) in [5.74, 6) is -1.63. The van der Waals surface area contributed by atoms with E-state index in [1.807, 2.05) is 30.3 Å². The van der Waals surface area contributed by atoms with E-state index in [1.54, 1.807) is 12.1 Å². The van der Waals surface area contributed by atoms with Crippen molar-refractivity contribution in [2.75, 3.05) is 13.1 Å². The van der Waals surface area contributed by atoms with Gasteiger partial charge in [-0.3, -0.25) is 9.69 Å². The number of carbonyl (C=O) groups is 1. The molecule has 0 aliphatic carbocycles. The second-order valence-corrected chi connectivity index (χ2v) is 5.78. The quantitative estimate of drug-likeness (QED) is 0.943. The molecule has 2 aromatic rings. The molecule has 2 atom stereocenters. The Kier molecular flexibility index (Phi) is 4.20. The van der Waals surface area contributed by atoms with E-state index in [1.165, 1.54) is 17.7 Å². The lowest BCUT2D eigenvalue weighted by molar-refractivity contribution is -0.141. The van der Waals surface area contributed by atoms with Crippen molar-refractivity contribution in [2.24, 2.45) is 5.92 Å². The lowest BCUT2D eigenvalue weighted by atomic mass is 9.89. The topological polar surface area (TPSA) is 40.5 Å². The first kappa shape index (κ1) is 14.7. The zero-order valence-corrected chi connectivity index (χ0v) is 12.2. The molecule has 0 aromatic heterocycles. The number of carboxylic acid groups (broad SMARTS) is 1. The highest BCUT2D eigenvalue weighted by Crippen LogP contribution is 2.33. The molecular weight excluding hydrogens is 281 g/mol. The Morgan fingerprint density at radius 1 is 1.09 bits per heavy atom. The largest absolute Gasteiger partial charge is 0.481 e. The fraction of sp³-hybridized carbons (Fsp3) is 0.278. The van der Waals surface area contributed by atoms with E-state index in [9.17, 15) is 14.3 Å². The number of hydrogen-bond acceptors (Lipinski definition) is 2. The Morgan fingerprint density at radius 2 is 1.77 bits per heavy atom. The first-order valence-corrected chi connectivity index (χ1v) is 7.38. The van der Waals surface area contributed by atoms with Gasteiger partial charge in [-0.25, -0.2) is 4.39 Å². The molecule has 1 N–H and O–H groups in total. The summed E-state index contributed by atoms with van der Waals surface area (Å²) in [5.41, 5.74) is 2.07. The highest BCUT2D eigenvalue weighted by atomic mass is 19.1. The minimum atomic E-state index is -0.787. The molecule has 0 saturated carbocycles. The number of aliphatic carboxylic acids is 1. The van der Waals surface area contributed by atoms with Crippen molar-refractivity contribution < 1.29 is 14.3 Å². The van der Waals surface area contributed by atoms with Crippen LogP contribution in [0.4, 0.5) is 4.39 Å². The van der Waals surface area contributed by atoms with Crippen LogP contribution in [0.3, 0.4) is 0 Å². The van der Waals surface area contributed by atoms with Gasteiger partial charge < -0.3 is 5.11 Å². The molecular formula is C18H18FNO2. The molecule has 1 aliphatic heterocycles. The zero-order valence-electron chi connectivity index (χ0n) is 12.2. The average molecular weight is 299 g/mol. The normalized spacial score (nSPS) is 21.9.